The Morgan fingerprint density at radius 3 is 2.62 bits per heavy atom. The summed E-state index contributed by atoms with van der Waals surface area (Å²) >= 11 is 0. The Balaban J connectivity index is 1.93. The number of nitrogens with zero attached hydrogens (tertiary/aromatic N) is 1. The van der Waals surface area contributed by atoms with E-state index in [9.17, 15) is 14.0 Å². The Kier molecular flexibility index (Phi) is 4.74. The highest BCUT2D eigenvalue weighted by Gasteiger charge is 2.18. The zero-order valence-corrected chi connectivity index (χ0v) is 11.7. The number of halogens is 1. The first-order chi connectivity index (χ1) is 9.95. The highest BCUT2D eigenvalue weighted by molar-refractivity contribution is 5.93. The van der Waals surface area contributed by atoms with Gasteiger partial charge in [0.15, 0.2) is 0 Å². The number of nitrogens with one attached hydrogen (secondary N) is 2. The largest absolute Gasteiger partial charge is 0.478 e. The van der Waals surface area contributed by atoms with Crippen LogP contribution in [0, 0.1) is 5.82 Å². The van der Waals surface area contributed by atoms with Gasteiger partial charge in [0.1, 0.15) is 5.82 Å². The van der Waals surface area contributed by atoms with Crippen molar-refractivity contribution in [2.45, 2.75) is 18.9 Å². The minimum atomic E-state index is -1.37. The second-order valence-corrected chi connectivity index (χ2v) is 5.18. The SMILES string of the molecule is CN1CCC(NC(=O)Nc2ccc(F)c(C(=O)O)c2)CC1. The molecule has 114 valence electrons. The fourth-order valence-corrected chi connectivity index (χ4v) is 2.27. The lowest BCUT2D eigenvalue weighted by molar-refractivity contribution is 0.0692. The van der Waals surface area contributed by atoms with E-state index in [0.717, 1.165) is 38.1 Å². The second kappa shape index (κ2) is 6.53. The van der Waals surface area contributed by atoms with Crippen LogP contribution in [-0.2, 0) is 0 Å². The fourth-order valence-electron chi connectivity index (χ4n) is 2.27. The molecule has 0 bridgehead atoms. The summed E-state index contributed by atoms with van der Waals surface area (Å²) in [4.78, 5) is 24.9. The van der Waals surface area contributed by atoms with Crippen molar-refractivity contribution < 1.29 is 19.1 Å². The molecular weight excluding hydrogens is 277 g/mol. The quantitative estimate of drug-likeness (QED) is 0.793. The monoisotopic (exact) mass is 295 g/mol. The first-order valence-corrected chi connectivity index (χ1v) is 6.74. The van der Waals surface area contributed by atoms with Gasteiger partial charge in [0.25, 0.3) is 0 Å². The number of rotatable bonds is 3. The zero-order chi connectivity index (χ0) is 15.4. The molecule has 1 aromatic rings. The zero-order valence-electron chi connectivity index (χ0n) is 11.7. The Labute approximate surface area is 121 Å². The van der Waals surface area contributed by atoms with Gasteiger partial charge < -0.3 is 20.6 Å². The van der Waals surface area contributed by atoms with Crippen molar-refractivity contribution in [3.05, 3.63) is 29.6 Å². The summed E-state index contributed by atoms with van der Waals surface area (Å²) in [5.41, 5.74) is -0.216. The molecule has 7 heteroatoms. The van der Waals surface area contributed by atoms with Crippen LogP contribution in [0.25, 0.3) is 0 Å². The Morgan fingerprint density at radius 1 is 1.33 bits per heavy atom. The van der Waals surface area contributed by atoms with Crippen LogP contribution in [0.1, 0.15) is 23.2 Å². The highest BCUT2D eigenvalue weighted by Crippen LogP contribution is 2.15. The summed E-state index contributed by atoms with van der Waals surface area (Å²) in [5.74, 6) is -2.20. The third kappa shape index (κ3) is 4.16. The number of carboxylic acids is 1. The molecule has 2 amide bonds. The van der Waals surface area contributed by atoms with Crippen LogP contribution >= 0.6 is 0 Å². The molecule has 0 radical (unpaired) electrons. The van der Waals surface area contributed by atoms with Crippen LogP contribution in [0.2, 0.25) is 0 Å². The topological polar surface area (TPSA) is 81.7 Å². The van der Waals surface area contributed by atoms with Gasteiger partial charge in [0, 0.05) is 11.7 Å². The number of piperidine rings is 1. The lowest BCUT2D eigenvalue weighted by Crippen LogP contribution is -2.44. The molecule has 3 N–H and O–H groups in total. The number of benzene rings is 1. The van der Waals surface area contributed by atoms with Crippen molar-refractivity contribution in [3.63, 3.8) is 0 Å². The molecule has 0 aliphatic carbocycles. The van der Waals surface area contributed by atoms with Crippen LogP contribution < -0.4 is 10.6 Å². The molecule has 21 heavy (non-hydrogen) atoms. The van der Waals surface area contributed by atoms with Crippen LogP contribution in [0.15, 0.2) is 18.2 Å². The van der Waals surface area contributed by atoms with Gasteiger partial charge in [-0.05, 0) is 51.2 Å². The van der Waals surface area contributed by atoms with Gasteiger partial charge in [-0.2, -0.15) is 0 Å². The average molecular weight is 295 g/mol. The van der Waals surface area contributed by atoms with Crippen molar-refractivity contribution in [2.24, 2.45) is 0 Å². The molecule has 2 rings (SSSR count). The number of hydrogen-bond acceptors (Lipinski definition) is 3. The molecule has 1 aromatic carbocycles. The summed E-state index contributed by atoms with van der Waals surface area (Å²) in [5, 5.41) is 14.2. The number of carboxylic acid groups (broad SMARTS) is 1. The summed E-state index contributed by atoms with van der Waals surface area (Å²) in [6.45, 7) is 1.84. The van der Waals surface area contributed by atoms with E-state index in [2.05, 4.69) is 15.5 Å². The van der Waals surface area contributed by atoms with E-state index in [0.29, 0.717) is 0 Å². The van der Waals surface area contributed by atoms with Crippen molar-refractivity contribution in [2.75, 3.05) is 25.5 Å². The van der Waals surface area contributed by atoms with Crippen LogP contribution in [0.4, 0.5) is 14.9 Å². The predicted molar refractivity (Wildman–Crippen MR) is 76.0 cm³/mol. The van der Waals surface area contributed by atoms with E-state index in [1.165, 1.54) is 6.07 Å². The van der Waals surface area contributed by atoms with Gasteiger partial charge in [-0.15, -0.1) is 0 Å². The molecule has 1 heterocycles. The van der Waals surface area contributed by atoms with Crippen molar-refractivity contribution in [1.82, 2.24) is 10.2 Å². The number of carbonyl (C=O) groups is 2. The number of amides is 2. The van der Waals surface area contributed by atoms with Gasteiger partial charge in [-0.1, -0.05) is 0 Å². The third-order valence-corrected chi connectivity index (χ3v) is 3.51. The van der Waals surface area contributed by atoms with E-state index >= 15 is 0 Å². The van der Waals surface area contributed by atoms with Crippen molar-refractivity contribution >= 4 is 17.7 Å². The number of anilines is 1. The highest BCUT2D eigenvalue weighted by atomic mass is 19.1. The van der Waals surface area contributed by atoms with E-state index in [1.807, 2.05) is 7.05 Å². The predicted octanol–water partition coefficient (Wildman–Crippen LogP) is 1.74. The van der Waals surface area contributed by atoms with Crippen molar-refractivity contribution in [1.29, 1.82) is 0 Å². The maximum atomic E-state index is 13.3. The minimum absolute atomic E-state index is 0.0978. The lowest BCUT2D eigenvalue weighted by atomic mass is 10.1. The number of carbonyl (C=O) groups excluding carboxylic acids is 1. The average Bonchev–Trinajstić information content (AvgIpc) is 2.43. The number of aromatic carboxylic acids is 1. The molecule has 0 saturated carbocycles. The number of likely N-dealkylation sites (tertiary alicyclic amines) is 1. The van der Waals surface area contributed by atoms with E-state index in [4.69, 9.17) is 5.11 Å². The Bertz CT molecular complexity index is 542. The lowest BCUT2D eigenvalue weighted by Gasteiger charge is -2.29. The summed E-state index contributed by atoms with van der Waals surface area (Å²) < 4.78 is 13.3. The van der Waals surface area contributed by atoms with E-state index < -0.39 is 23.4 Å². The molecule has 0 unspecified atom stereocenters. The molecule has 1 fully saturated rings. The first kappa shape index (κ1) is 15.2. The molecule has 1 aliphatic rings. The van der Waals surface area contributed by atoms with Gasteiger partial charge in [0.05, 0.1) is 5.56 Å². The summed E-state index contributed by atoms with van der Waals surface area (Å²) in [7, 11) is 2.03. The second-order valence-electron chi connectivity index (χ2n) is 5.18. The van der Waals surface area contributed by atoms with E-state index in [1.54, 1.807) is 0 Å². The van der Waals surface area contributed by atoms with Crippen molar-refractivity contribution in [3.8, 4) is 0 Å². The van der Waals surface area contributed by atoms with Crippen LogP contribution in [0.3, 0.4) is 0 Å². The normalized spacial score (nSPS) is 16.5. The third-order valence-electron chi connectivity index (χ3n) is 3.51. The smallest absolute Gasteiger partial charge is 0.338 e. The molecule has 0 aromatic heterocycles. The minimum Gasteiger partial charge on any atom is -0.478 e. The maximum Gasteiger partial charge on any atom is 0.338 e. The standard InChI is InChI=1S/C14H18FN3O3/c1-18-6-4-9(5-7-18)16-14(21)17-10-2-3-12(15)11(8-10)13(19)20/h2-3,8-9H,4-7H2,1H3,(H,19,20)(H2,16,17,21). The molecule has 6 nitrogen and oxygen atoms in total. The number of urea groups is 1. The molecular formula is C14H18FN3O3. The van der Waals surface area contributed by atoms with Crippen LogP contribution in [-0.4, -0.2) is 48.2 Å². The van der Waals surface area contributed by atoms with Gasteiger partial charge in [-0.3, -0.25) is 0 Å². The Morgan fingerprint density at radius 2 is 2.00 bits per heavy atom. The molecule has 1 saturated heterocycles. The van der Waals surface area contributed by atoms with Crippen LogP contribution in [0.5, 0.6) is 0 Å². The molecule has 1 aliphatic heterocycles. The first-order valence-electron chi connectivity index (χ1n) is 6.74. The van der Waals surface area contributed by atoms with Gasteiger partial charge in [-0.25, -0.2) is 14.0 Å². The maximum absolute atomic E-state index is 13.3. The summed E-state index contributed by atoms with van der Waals surface area (Å²) in [6, 6.07) is 3.14. The number of hydrogen-bond donors (Lipinski definition) is 3. The van der Waals surface area contributed by atoms with Gasteiger partial charge >= 0.3 is 12.0 Å². The summed E-state index contributed by atoms with van der Waals surface area (Å²) in [6.07, 6.45) is 1.74. The van der Waals surface area contributed by atoms with Gasteiger partial charge in [0.2, 0.25) is 0 Å². The van der Waals surface area contributed by atoms with E-state index in [-0.39, 0.29) is 11.7 Å². The molecule has 0 spiro atoms. The Hall–Kier alpha value is -2.15. The molecule has 0 atom stereocenters. The fraction of sp³-hybridized carbons (Fsp3) is 0.429.